The number of hydrogen-bond acceptors (Lipinski definition) is 2. The van der Waals surface area contributed by atoms with Crippen LogP contribution < -0.4 is 0 Å². The first-order chi connectivity index (χ1) is 8.20. The third-order valence-corrected chi connectivity index (χ3v) is 3.62. The van der Waals surface area contributed by atoms with Crippen molar-refractivity contribution in [2.24, 2.45) is 0 Å². The van der Waals surface area contributed by atoms with E-state index >= 15 is 0 Å². The highest BCUT2D eigenvalue weighted by molar-refractivity contribution is 9.10. The highest BCUT2D eigenvalue weighted by atomic mass is 79.9. The lowest BCUT2D eigenvalue weighted by atomic mass is 10.2. The molecular weight excluding hydrogens is 318 g/mol. The third kappa shape index (κ3) is 4.50. The molecule has 0 atom stereocenters. The summed E-state index contributed by atoms with van der Waals surface area (Å²) in [5.41, 5.74) is 0.451. The van der Waals surface area contributed by atoms with Gasteiger partial charge in [0.15, 0.2) is 0 Å². The SMILES string of the molecule is CN(Cc1cccc(Cl)c1Br)C(=O)OC(C)(C)C. The normalized spacial score (nSPS) is 11.2. The van der Waals surface area contributed by atoms with Gasteiger partial charge in [0.05, 0.1) is 5.02 Å². The number of rotatable bonds is 2. The number of nitrogens with zero attached hydrogens (tertiary/aromatic N) is 1. The molecule has 0 fully saturated rings. The second-order valence-electron chi connectivity index (χ2n) is 5.05. The predicted octanol–water partition coefficient (Wildman–Crippen LogP) is 4.47. The molecule has 1 aromatic carbocycles. The van der Waals surface area contributed by atoms with Crippen molar-refractivity contribution in [3.63, 3.8) is 0 Å². The van der Waals surface area contributed by atoms with E-state index in [-0.39, 0.29) is 6.09 Å². The lowest BCUT2D eigenvalue weighted by molar-refractivity contribution is 0.0285. The van der Waals surface area contributed by atoms with Crippen molar-refractivity contribution in [3.05, 3.63) is 33.3 Å². The largest absolute Gasteiger partial charge is 0.444 e. The Morgan fingerprint density at radius 1 is 1.44 bits per heavy atom. The molecule has 0 saturated carbocycles. The number of benzene rings is 1. The zero-order valence-electron chi connectivity index (χ0n) is 11.0. The molecule has 0 aliphatic rings. The molecule has 0 radical (unpaired) electrons. The minimum Gasteiger partial charge on any atom is -0.444 e. The summed E-state index contributed by atoms with van der Waals surface area (Å²) in [6.45, 7) is 5.96. The van der Waals surface area contributed by atoms with Gasteiger partial charge in [0.2, 0.25) is 0 Å². The summed E-state index contributed by atoms with van der Waals surface area (Å²) < 4.78 is 6.09. The van der Waals surface area contributed by atoms with Crippen molar-refractivity contribution >= 4 is 33.6 Å². The molecule has 0 aliphatic carbocycles. The van der Waals surface area contributed by atoms with Crippen LogP contribution in [0.1, 0.15) is 26.3 Å². The molecule has 1 rings (SSSR count). The van der Waals surface area contributed by atoms with Crippen LogP contribution in [-0.2, 0) is 11.3 Å². The van der Waals surface area contributed by atoms with Crippen LogP contribution in [0.15, 0.2) is 22.7 Å². The molecular formula is C13H17BrClNO2. The summed E-state index contributed by atoms with van der Waals surface area (Å²) in [5, 5.41) is 0.630. The highest BCUT2D eigenvalue weighted by Gasteiger charge is 2.20. The second kappa shape index (κ2) is 5.93. The zero-order valence-corrected chi connectivity index (χ0v) is 13.3. The third-order valence-electron chi connectivity index (χ3n) is 2.14. The van der Waals surface area contributed by atoms with Gasteiger partial charge < -0.3 is 9.64 Å². The summed E-state index contributed by atoms with van der Waals surface area (Å²) in [4.78, 5) is 13.3. The fourth-order valence-corrected chi connectivity index (χ4v) is 1.91. The Morgan fingerprint density at radius 3 is 2.61 bits per heavy atom. The minimum atomic E-state index is -0.489. The van der Waals surface area contributed by atoms with E-state index in [1.807, 2.05) is 32.9 Å². The van der Waals surface area contributed by atoms with Gasteiger partial charge in [-0.05, 0) is 48.3 Å². The quantitative estimate of drug-likeness (QED) is 0.798. The van der Waals surface area contributed by atoms with Gasteiger partial charge in [0.1, 0.15) is 5.60 Å². The van der Waals surface area contributed by atoms with E-state index in [0.29, 0.717) is 11.6 Å². The van der Waals surface area contributed by atoms with Gasteiger partial charge in [-0.1, -0.05) is 23.7 Å². The number of ether oxygens (including phenoxy) is 1. The van der Waals surface area contributed by atoms with Crippen molar-refractivity contribution in [1.29, 1.82) is 0 Å². The summed E-state index contributed by atoms with van der Waals surface area (Å²) in [5.74, 6) is 0. The van der Waals surface area contributed by atoms with E-state index in [9.17, 15) is 4.79 Å². The van der Waals surface area contributed by atoms with Crippen LogP contribution >= 0.6 is 27.5 Å². The van der Waals surface area contributed by atoms with Gasteiger partial charge in [-0.3, -0.25) is 0 Å². The molecule has 18 heavy (non-hydrogen) atoms. The van der Waals surface area contributed by atoms with Crippen molar-refractivity contribution in [3.8, 4) is 0 Å². The van der Waals surface area contributed by atoms with Crippen LogP contribution in [-0.4, -0.2) is 23.6 Å². The summed E-state index contributed by atoms with van der Waals surface area (Å²) in [7, 11) is 1.70. The van der Waals surface area contributed by atoms with E-state index in [4.69, 9.17) is 16.3 Å². The maximum Gasteiger partial charge on any atom is 0.410 e. The Balaban J connectivity index is 2.73. The van der Waals surface area contributed by atoms with Crippen LogP contribution in [0.2, 0.25) is 5.02 Å². The standard InChI is InChI=1S/C13H17BrClNO2/c1-13(2,3)18-12(17)16(4)8-9-6-5-7-10(15)11(9)14/h5-7H,8H2,1-4H3. The average Bonchev–Trinajstić information content (AvgIpc) is 2.22. The Morgan fingerprint density at radius 2 is 2.06 bits per heavy atom. The molecule has 0 N–H and O–H groups in total. The zero-order chi connectivity index (χ0) is 13.9. The van der Waals surface area contributed by atoms with Crippen molar-refractivity contribution in [1.82, 2.24) is 4.90 Å². The lowest BCUT2D eigenvalue weighted by Crippen LogP contribution is -2.33. The molecule has 0 spiro atoms. The summed E-state index contributed by atoms with van der Waals surface area (Å²) in [6, 6.07) is 5.56. The molecule has 1 aromatic rings. The molecule has 1 amide bonds. The van der Waals surface area contributed by atoms with Crippen LogP contribution in [0.5, 0.6) is 0 Å². The van der Waals surface area contributed by atoms with E-state index in [2.05, 4.69) is 15.9 Å². The van der Waals surface area contributed by atoms with Crippen LogP contribution in [0.3, 0.4) is 0 Å². The van der Waals surface area contributed by atoms with Gasteiger partial charge in [-0.15, -0.1) is 0 Å². The van der Waals surface area contributed by atoms with Gasteiger partial charge in [-0.25, -0.2) is 4.79 Å². The molecule has 0 unspecified atom stereocenters. The monoisotopic (exact) mass is 333 g/mol. The summed E-state index contributed by atoms with van der Waals surface area (Å²) >= 11 is 9.41. The molecule has 0 bridgehead atoms. The first-order valence-corrected chi connectivity index (χ1v) is 6.75. The maximum absolute atomic E-state index is 11.8. The van der Waals surface area contributed by atoms with Crippen molar-refractivity contribution in [2.75, 3.05) is 7.05 Å². The number of halogens is 2. The average molecular weight is 335 g/mol. The Bertz CT molecular complexity index is 443. The molecule has 0 aliphatic heterocycles. The van der Waals surface area contributed by atoms with Crippen molar-refractivity contribution in [2.45, 2.75) is 32.9 Å². The number of carbonyl (C=O) groups is 1. The van der Waals surface area contributed by atoms with Crippen molar-refractivity contribution < 1.29 is 9.53 Å². The first kappa shape index (κ1) is 15.3. The number of carbonyl (C=O) groups excluding carboxylic acids is 1. The first-order valence-electron chi connectivity index (χ1n) is 5.57. The molecule has 0 saturated heterocycles. The fourth-order valence-electron chi connectivity index (χ4n) is 1.33. The topological polar surface area (TPSA) is 29.5 Å². The van der Waals surface area contributed by atoms with E-state index in [1.165, 1.54) is 4.90 Å². The maximum atomic E-state index is 11.8. The van der Waals surface area contributed by atoms with Gasteiger partial charge in [0, 0.05) is 18.1 Å². The molecule has 0 heterocycles. The molecule has 3 nitrogen and oxygen atoms in total. The van der Waals surface area contributed by atoms with Crippen LogP contribution in [0.4, 0.5) is 4.79 Å². The predicted molar refractivity (Wildman–Crippen MR) is 76.9 cm³/mol. The van der Waals surface area contributed by atoms with Gasteiger partial charge >= 0.3 is 6.09 Å². The lowest BCUT2D eigenvalue weighted by Gasteiger charge is -2.25. The Labute approximate surface area is 121 Å². The minimum absolute atomic E-state index is 0.352. The molecule has 0 aromatic heterocycles. The smallest absolute Gasteiger partial charge is 0.410 e. The summed E-state index contributed by atoms with van der Waals surface area (Å²) in [6.07, 6.45) is -0.352. The van der Waals surface area contributed by atoms with Crippen LogP contribution in [0.25, 0.3) is 0 Å². The number of hydrogen-bond donors (Lipinski definition) is 0. The van der Waals surface area contributed by atoms with E-state index in [0.717, 1.165) is 10.0 Å². The second-order valence-corrected chi connectivity index (χ2v) is 6.25. The Kier molecular flexibility index (Phi) is 5.05. The highest BCUT2D eigenvalue weighted by Crippen LogP contribution is 2.27. The molecule has 5 heteroatoms. The molecule has 100 valence electrons. The fraction of sp³-hybridized carbons (Fsp3) is 0.462. The van der Waals surface area contributed by atoms with Gasteiger partial charge in [0.25, 0.3) is 0 Å². The van der Waals surface area contributed by atoms with Gasteiger partial charge in [-0.2, -0.15) is 0 Å². The van der Waals surface area contributed by atoms with E-state index in [1.54, 1.807) is 13.1 Å². The Hall–Kier alpha value is -0.740. The van der Waals surface area contributed by atoms with E-state index < -0.39 is 5.60 Å². The van der Waals surface area contributed by atoms with Crippen LogP contribution in [0, 0.1) is 0 Å². The number of amides is 1.